The van der Waals surface area contributed by atoms with Crippen LogP contribution < -0.4 is 24.8 Å². The summed E-state index contributed by atoms with van der Waals surface area (Å²) in [5, 5.41) is 6.33. The van der Waals surface area contributed by atoms with Crippen LogP contribution in [-0.4, -0.2) is 97.8 Å². The first-order chi connectivity index (χ1) is 29.0. The summed E-state index contributed by atoms with van der Waals surface area (Å²) in [6.45, 7) is 8.91. The van der Waals surface area contributed by atoms with Crippen molar-refractivity contribution in [3.8, 4) is 22.8 Å². The highest BCUT2D eigenvalue weighted by molar-refractivity contribution is 7.91. The predicted octanol–water partition coefficient (Wildman–Crippen LogP) is 4.72. The Hall–Kier alpha value is -5.80. The number of nitrogens with one attached hydrogen (secondary N) is 3. The van der Waals surface area contributed by atoms with E-state index in [2.05, 4.69) is 21.9 Å². The quantitative estimate of drug-likeness (QED) is 0.134. The fourth-order valence-electron chi connectivity index (χ4n) is 8.17. The summed E-state index contributed by atoms with van der Waals surface area (Å²) in [4.78, 5) is 62.6. The number of amides is 4. The van der Waals surface area contributed by atoms with Gasteiger partial charge in [-0.2, -0.15) is 0 Å². The molecule has 0 spiro atoms. The van der Waals surface area contributed by atoms with Gasteiger partial charge in [0.05, 0.1) is 29.6 Å². The van der Waals surface area contributed by atoms with Gasteiger partial charge in [-0.05, 0) is 48.8 Å². The third kappa shape index (κ3) is 8.99. The SMILES string of the molecule is C=C[C@@H]1C[C@]1(NC(=O)[C@@H]1C[C@@H](Oc2cc(-c3ccccc3)nc3cc(OC)ccc23)CN1C(=O)[C@@H](NC(=O)COC)C(C)(C)C)C(=O)NS(=O)(=O)C1(Cc2ccccc2)CC1. The lowest BCUT2D eigenvalue weighted by molar-refractivity contribution is -0.145. The van der Waals surface area contributed by atoms with Crippen molar-refractivity contribution in [1.82, 2.24) is 25.2 Å². The molecule has 7 rings (SSSR count). The molecule has 2 aliphatic carbocycles. The molecule has 0 unspecified atom stereocenters. The minimum atomic E-state index is -4.17. The monoisotopic (exact) mass is 851 g/mol. The van der Waals surface area contributed by atoms with Gasteiger partial charge in [0, 0.05) is 42.5 Å². The second kappa shape index (κ2) is 16.9. The number of carbonyl (C=O) groups excluding carboxylic acids is 4. The fraction of sp³-hybridized carbons (Fsp3) is 0.413. The molecule has 2 heterocycles. The molecule has 5 atom stereocenters. The molecule has 322 valence electrons. The van der Waals surface area contributed by atoms with Crippen molar-refractivity contribution in [3.05, 3.63) is 103 Å². The fourth-order valence-corrected chi connectivity index (χ4v) is 9.81. The van der Waals surface area contributed by atoms with Crippen molar-refractivity contribution < 1.29 is 41.8 Å². The van der Waals surface area contributed by atoms with Crippen LogP contribution in [0.5, 0.6) is 11.5 Å². The highest BCUT2D eigenvalue weighted by atomic mass is 32.2. The van der Waals surface area contributed by atoms with Crippen LogP contribution in [0.4, 0.5) is 0 Å². The Bertz CT molecular complexity index is 2440. The van der Waals surface area contributed by atoms with Crippen LogP contribution in [-0.2, 0) is 40.4 Å². The van der Waals surface area contributed by atoms with E-state index in [1.807, 2.05) is 72.8 Å². The number of aromatic nitrogens is 1. The normalized spacial score (nSPS) is 22.1. The largest absolute Gasteiger partial charge is 0.497 e. The number of hydrogen-bond acceptors (Lipinski definition) is 10. The second-order valence-electron chi connectivity index (χ2n) is 17.3. The summed E-state index contributed by atoms with van der Waals surface area (Å²) in [5.74, 6) is -2.09. The molecule has 61 heavy (non-hydrogen) atoms. The lowest BCUT2D eigenvalue weighted by atomic mass is 9.85. The maximum atomic E-state index is 14.7. The molecule has 3 aromatic carbocycles. The topological polar surface area (TPSA) is 182 Å². The first kappa shape index (κ1) is 43.3. The van der Waals surface area contributed by atoms with Gasteiger partial charge in [-0.3, -0.25) is 23.9 Å². The molecule has 4 aromatic rings. The van der Waals surface area contributed by atoms with E-state index in [0.29, 0.717) is 40.9 Å². The first-order valence-electron chi connectivity index (χ1n) is 20.4. The van der Waals surface area contributed by atoms with E-state index < -0.39 is 73.5 Å². The smallest absolute Gasteiger partial charge is 0.259 e. The number of fused-ring (bicyclic) bond motifs is 1. The molecule has 3 aliphatic rings. The summed E-state index contributed by atoms with van der Waals surface area (Å²) in [6, 6.07) is 23.8. The van der Waals surface area contributed by atoms with Crippen LogP contribution in [0.25, 0.3) is 22.2 Å². The van der Waals surface area contributed by atoms with Gasteiger partial charge in [-0.1, -0.05) is 87.5 Å². The summed E-state index contributed by atoms with van der Waals surface area (Å²) in [5.41, 5.74) is 0.494. The highest BCUT2D eigenvalue weighted by Gasteiger charge is 2.63. The number of pyridine rings is 1. The number of hydrogen-bond donors (Lipinski definition) is 3. The van der Waals surface area contributed by atoms with Crippen LogP contribution in [0, 0.1) is 11.3 Å². The minimum absolute atomic E-state index is 0.00996. The molecular formula is C46H53N5O9S. The summed E-state index contributed by atoms with van der Waals surface area (Å²) >= 11 is 0. The maximum Gasteiger partial charge on any atom is 0.259 e. The molecule has 1 aromatic heterocycles. The van der Waals surface area contributed by atoms with E-state index in [-0.39, 0.29) is 32.4 Å². The number of likely N-dealkylation sites (tertiary alicyclic amines) is 1. The molecule has 4 amide bonds. The zero-order valence-electron chi connectivity index (χ0n) is 35.1. The number of methoxy groups -OCH3 is 2. The Morgan fingerprint density at radius 1 is 0.984 bits per heavy atom. The molecule has 14 nitrogen and oxygen atoms in total. The molecular weight excluding hydrogens is 799 g/mol. The summed E-state index contributed by atoms with van der Waals surface area (Å²) < 4.78 is 46.1. The van der Waals surface area contributed by atoms with Crippen LogP contribution in [0.2, 0.25) is 0 Å². The second-order valence-corrected chi connectivity index (χ2v) is 19.4. The van der Waals surface area contributed by atoms with Gasteiger partial charge in [0.2, 0.25) is 27.7 Å². The first-order valence-corrected chi connectivity index (χ1v) is 21.9. The molecule has 2 saturated carbocycles. The van der Waals surface area contributed by atoms with E-state index >= 15 is 0 Å². The summed E-state index contributed by atoms with van der Waals surface area (Å²) in [7, 11) is -1.23. The van der Waals surface area contributed by atoms with Gasteiger partial charge in [-0.15, -0.1) is 6.58 Å². The molecule has 3 N–H and O–H groups in total. The van der Waals surface area contributed by atoms with E-state index in [1.165, 1.54) is 18.1 Å². The Labute approximate surface area is 356 Å². The Balaban J connectivity index is 1.19. The van der Waals surface area contributed by atoms with Gasteiger partial charge < -0.3 is 29.7 Å². The van der Waals surface area contributed by atoms with Gasteiger partial charge in [0.1, 0.15) is 41.8 Å². The van der Waals surface area contributed by atoms with Gasteiger partial charge >= 0.3 is 0 Å². The van der Waals surface area contributed by atoms with Crippen LogP contribution in [0.3, 0.4) is 0 Å². The lowest BCUT2D eigenvalue weighted by Gasteiger charge is -2.35. The average Bonchev–Trinajstić information content (AvgIpc) is 4.14. The summed E-state index contributed by atoms with van der Waals surface area (Å²) in [6.07, 6.45) is 1.92. The number of ether oxygens (including phenoxy) is 3. The van der Waals surface area contributed by atoms with Crippen LogP contribution in [0.15, 0.2) is 97.6 Å². The Morgan fingerprint density at radius 2 is 1.67 bits per heavy atom. The lowest BCUT2D eigenvalue weighted by Crippen LogP contribution is -2.60. The average molecular weight is 852 g/mol. The van der Waals surface area contributed by atoms with E-state index in [4.69, 9.17) is 19.2 Å². The van der Waals surface area contributed by atoms with Crippen molar-refractivity contribution >= 4 is 44.6 Å². The number of rotatable bonds is 16. The molecule has 0 radical (unpaired) electrons. The van der Waals surface area contributed by atoms with Gasteiger partial charge in [-0.25, -0.2) is 13.4 Å². The third-order valence-electron chi connectivity index (χ3n) is 11.9. The molecule has 3 fully saturated rings. The van der Waals surface area contributed by atoms with Gasteiger partial charge in [0.25, 0.3) is 5.91 Å². The predicted molar refractivity (Wildman–Crippen MR) is 230 cm³/mol. The van der Waals surface area contributed by atoms with E-state index in [9.17, 15) is 27.6 Å². The Kier molecular flexibility index (Phi) is 12.0. The highest BCUT2D eigenvalue weighted by Crippen LogP contribution is 2.49. The molecule has 1 aliphatic heterocycles. The standard InChI is InChI=1S/C46H53N5O9S/c1-7-31-26-46(31,43(55)50-61(56,57)45(20-21-45)25-29-14-10-8-11-15-29)49-41(53)37-23-33(27-51(37)42(54)40(44(2,3)4)48-39(52)28-58-5)60-38-24-35(30-16-12-9-13-17-30)47-36-22-32(59-6)18-19-34(36)38/h7-19,22,24,31,33,37,40H,1,20-21,23,25-28H2,2-6H3,(H,48,52)(H,49,53)(H,50,55)/t31-,33-,37+,40-,46-/m1/s1. The molecule has 1 saturated heterocycles. The maximum absolute atomic E-state index is 14.7. The number of carbonyl (C=O) groups is 4. The van der Waals surface area contributed by atoms with E-state index in [1.54, 1.807) is 40.0 Å². The zero-order valence-corrected chi connectivity index (χ0v) is 35.9. The minimum Gasteiger partial charge on any atom is -0.497 e. The van der Waals surface area contributed by atoms with Crippen molar-refractivity contribution in [2.45, 2.75) is 81.3 Å². The zero-order chi connectivity index (χ0) is 43.7. The van der Waals surface area contributed by atoms with Crippen molar-refractivity contribution in [2.24, 2.45) is 11.3 Å². The number of sulfonamides is 1. The van der Waals surface area contributed by atoms with Crippen molar-refractivity contribution in [2.75, 3.05) is 27.4 Å². The van der Waals surface area contributed by atoms with E-state index in [0.717, 1.165) is 11.1 Å². The van der Waals surface area contributed by atoms with Crippen LogP contribution >= 0.6 is 0 Å². The molecule has 15 heteroatoms. The Morgan fingerprint density at radius 3 is 2.28 bits per heavy atom. The number of benzene rings is 3. The van der Waals surface area contributed by atoms with Crippen molar-refractivity contribution in [3.63, 3.8) is 0 Å². The van der Waals surface area contributed by atoms with Crippen molar-refractivity contribution in [1.29, 1.82) is 0 Å². The third-order valence-corrected chi connectivity index (χ3v) is 14.1. The molecule has 0 bridgehead atoms. The number of nitrogens with zero attached hydrogens (tertiary/aromatic N) is 2. The van der Waals surface area contributed by atoms with Gasteiger partial charge in [0.15, 0.2) is 0 Å². The van der Waals surface area contributed by atoms with Crippen LogP contribution in [0.1, 0.15) is 52.0 Å².